The first-order chi connectivity index (χ1) is 11.7. The zero-order chi connectivity index (χ0) is 16.9. The molecule has 2 aromatic rings. The monoisotopic (exact) mass is 329 g/mol. The van der Waals surface area contributed by atoms with E-state index in [9.17, 15) is 4.79 Å². The van der Waals surface area contributed by atoms with E-state index in [1.54, 1.807) is 12.4 Å². The summed E-state index contributed by atoms with van der Waals surface area (Å²) in [5.74, 6) is 1.73. The molecule has 2 aromatic heterocycles. The second-order valence-corrected chi connectivity index (χ2v) is 6.35. The summed E-state index contributed by atoms with van der Waals surface area (Å²) < 4.78 is 5.25. The minimum atomic E-state index is 0.112. The molecule has 3 heterocycles. The van der Waals surface area contributed by atoms with Crippen LogP contribution in [-0.2, 0) is 11.2 Å². The van der Waals surface area contributed by atoms with Gasteiger partial charge in [0, 0.05) is 49.9 Å². The number of carbonyl (C=O) groups is 1. The number of aromatic nitrogens is 3. The van der Waals surface area contributed by atoms with Gasteiger partial charge in [0.25, 0.3) is 0 Å². The number of nitrogens with two attached hydrogens (primary N) is 1. The van der Waals surface area contributed by atoms with Crippen LogP contribution in [0.4, 0.5) is 0 Å². The number of piperidine rings is 1. The van der Waals surface area contributed by atoms with Crippen LogP contribution >= 0.6 is 0 Å². The van der Waals surface area contributed by atoms with E-state index in [2.05, 4.69) is 22.0 Å². The smallest absolute Gasteiger partial charge is 0.227 e. The van der Waals surface area contributed by atoms with Gasteiger partial charge in [-0.2, -0.15) is 4.98 Å². The fourth-order valence-corrected chi connectivity index (χ4v) is 3.14. The number of rotatable bonds is 5. The summed E-state index contributed by atoms with van der Waals surface area (Å²) in [6, 6.07) is 3.79. The van der Waals surface area contributed by atoms with Crippen LogP contribution in [-0.4, -0.2) is 45.1 Å². The summed E-state index contributed by atoms with van der Waals surface area (Å²) >= 11 is 0. The average Bonchev–Trinajstić information content (AvgIpc) is 3.09. The molecule has 2 N–H and O–H groups in total. The third kappa shape index (κ3) is 3.79. The molecule has 1 aliphatic heterocycles. The molecule has 3 rings (SSSR count). The Labute approximate surface area is 141 Å². The quantitative estimate of drug-likeness (QED) is 0.895. The zero-order valence-corrected chi connectivity index (χ0v) is 13.9. The Hall–Kier alpha value is -2.28. The van der Waals surface area contributed by atoms with Crippen molar-refractivity contribution in [1.82, 2.24) is 20.0 Å². The highest BCUT2D eigenvalue weighted by molar-refractivity contribution is 5.76. The van der Waals surface area contributed by atoms with E-state index in [0.29, 0.717) is 37.0 Å². The molecule has 1 fully saturated rings. The summed E-state index contributed by atoms with van der Waals surface area (Å²) in [5.41, 5.74) is 6.68. The van der Waals surface area contributed by atoms with Crippen molar-refractivity contribution >= 4 is 5.91 Å². The third-order valence-corrected chi connectivity index (χ3v) is 4.53. The van der Waals surface area contributed by atoms with Crippen LogP contribution in [0, 0.1) is 5.92 Å². The molecular formula is C17H23N5O2. The van der Waals surface area contributed by atoms with Crippen molar-refractivity contribution in [2.75, 3.05) is 13.1 Å². The number of nitrogens with zero attached hydrogens (tertiary/aromatic N) is 4. The first kappa shape index (κ1) is 16.6. The SMILES string of the molecule is CC1CCN(C(=O)CCc2nc(-c3ccncc3)no2)C(CN)C1. The molecule has 0 aliphatic carbocycles. The standard InChI is InChI=1S/C17H23N5O2/c1-12-6-9-22(14(10-12)11-18)16(23)3-2-15-20-17(21-24-15)13-4-7-19-8-5-13/h4-5,7-8,12,14H,2-3,6,9-11,18H2,1H3. The normalized spacial score (nSPS) is 21.0. The Balaban J connectivity index is 1.58. The summed E-state index contributed by atoms with van der Waals surface area (Å²) in [5, 5.41) is 3.96. The van der Waals surface area contributed by atoms with Gasteiger partial charge in [0.05, 0.1) is 0 Å². The van der Waals surface area contributed by atoms with E-state index in [0.717, 1.165) is 24.9 Å². The molecule has 0 saturated carbocycles. The van der Waals surface area contributed by atoms with E-state index in [1.165, 1.54) is 0 Å². The van der Waals surface area contributed by atoms with Crippen molar-refractivity contribution in [2.24, 2.45) is 11.7 Å². The molecule has 2 unspecified atom stereocenters. The maximum Gasteiger partial charge on any atom is 0.227 e. The molecule has 7 nitrogen and oxygen atoms in total. The average molecular weight is 329 g/mol. The minimum absolute atomic E-state index is 0.112. The largest absolute Gasteiger partial charge is 0.339 e. The van der Waals surface area contributed by atoms with Gasteiger partial charge in [-0.05, 0) is 30.9 Å². The van der Waals surface area contributed by atoms with Gasteiger partial charge in [0.2, 0.25) is 17.6 Å². The maximum absolute atomic E-state index is 12.5. The van der Waals surface area contributed by atoms with E-state index >= 15 is 0 Å². The van der Waals surface area contributed by atoms with Crippen molar-refractivity contribution < 1.29 is 9.32 Å². The highest BCUT2D eigenvalue weighted by Crippen LogP contribution is 2.23. The summed E-state index contributed by atoms with van der Waals surface area (Å²) in [7, 11) is 0. The third-order valence-electron chi connectivity index (χ3n) is 4.53. The number of hydrogen-bond donors (Lipinski definition) is 1. The lowest BCUT2D eigenvalue weighted by Gasteiger charge is -2.38. The molecule has 24 heavy (non-hydrogen) atoms. The van der Waals surface area contributed by atoms with Gasteiger partial charge in [-0.3, -0.25) is 9.78 Å². The second kappa shape index (κ2) is 7.53. The molecule has 1 amide bonds. The lowest BCUT2D eigenvalue weighted by molar-refractivity contribution is -0.135. The molecule has 0 aromatic carbocycles. The lowest BCUT2D eigenvalue weighted by atomic mass is 9.92. The highest BCUT2D eigenvalue weighted by Gasteiger charge is 2.28. The van der Waals surface area contributed by atoms with Gasteiger partial charge >= 0.3 is 0 Å². The van der Waals surface area contributed by atoms with Crippen LogP contribution in [0.1, 0.15) is 32.1 Å². The van der Waals surface area contributed by atoms with E-state index in [1.807, 2.05) is 17.0 Å². The fourth-order valence-electron chi connectivity index (χ4n) is 3.14. The Morgan fingerprint density at radius 2 is 2.21 bits per heavy atom. The molecule has 7 heteroatoms. The van der Waals surface area contributed by atoms with Gasteiger partial charge in [-0.25, -0.2) is 0 Å². The number of amides is 1. The maximum atomic E-state index is 12.5. The molecule has 0 bridgehead atoms. The van der Waals surface area contributed by atoms with Crippen LogP contribution in [0.25, 0.3) is 11.4 Å². The fraction of sp³-hybridized carbons (Fsp3) is 0.529. The number of pyridine rings is 1. The van der Waals surface area contributed by atoms with Gasteiger partial charge in [0.1, 0.15) is 0 Å². The summed E-state index contributed by atoms with van der Waals surface area (Å²) in [4.78, 5) is 22.7. The van der Waals surface area contributed by atoms with Crippen LogP contribution in [0.5, 0.6) is 0 Å². The Kier molecular flexibility index (Phi) is 5.20. The Morgan fingerprint density at radius 3 is 2.96 bits per heavy atom. The summed E-state index contributed by atoms with van der Waals surface area (Å²) in [6.45, 7) is 3.51. The van der Waals surface area contributed by atoms with Crippen molar-refractivity contribution in [3.63, 3.8) is 0 Å². The predicted octanol–water partition coefficient (Wildman–Crippen LogP) is 1.65. The Bertz CT molecular complexity index is 673. The minimum Gasteiger partial charge on any atom is -0.339 e. The van der Waals surface area contributed by atoms with Crippen molar-refractivity contribution in [3.8, 4) is 11.4 Å². The van der Waals surface area contributed by atoms with Crippen molar-refractivity contribution in [3.05, 3.63) is 30.4 Å². The number of hydrogen-bond acceptors (Lipinski definition) is 6. The summed E-state index contributed by atoms with van der Waals surface area (Å²) in [6.07, 6.45) is 6.19. The number of likely N-dealkylation sites (tertiary alicyclic amines) is 1. The van der Waals surface area contributed by atoms with Crippen molar-refractivity contribution in [2.45, 2.75) is 38.6 Å². The van der Waals surface area contributed by atoms with E-state index < -0.39 is 0 Å². The molecular weight excluding hydrogens is 306 g/mol. The number of aryl methyl sites for hydroxylation is 1. The molecule has 0 radical (unpaired) electrons. The molecule has 128 valence electrons. The van der Waals surface area contributed by atoms with Gasteiger partial charge < -0.3 is 15.2 Å². The van der Waals surface area contributed by atoms with Crippen LogP contribution < -0.4 is 5.73 Å². The van der Waals surface area contributed by atoms with Gasteiger partial charge in [-0.15, -0.1) is 0 Å². The van der Waals surface area contributed by atoms with Crippen LogP contribution in [0.2, 0.25) is 0 Å². The molecule has 1 aliphatic rings. The van der Waals surface area contributed by atoms with Gasteiger partial charge in [-0.1, -0.05) is 12.1 Å². The molecule has 1 saturated heterocycles. The zero-order valence-electron chi connectivity index (χ0n) is 13.9. The van der Waals surface area contributed by atoms with Crippen molar-refractivity contribution in [1.29, 1.82) is 0 Å². The second-order valence-electron chi connectivity index (χ2n) is 6.35. The van der Waals surface area contributed by atoms with E-state index in [-0.39, 0.29) is 11.9 Å². The highest BCUT2D eigenvalue weighted by atomic mass is 16.5. The molecule has 0 spiro atoms. The topological polar surface area (TPSA) is 98.1 Å². The molecule has 2 atom stereocenters. The predicted molar refractivity (Wildman–Crippen MR) is 88.8 cm³/mol. The lowest BCUT2D eigenvalue weighted by Crippen LogP contribution is -2.49. The Morgan fingerprint density at radius 1 is 1.42 bits per heavy atom. The van der Waals surface area contributed by atoms with E-state index in [4.69, 9.17) is 10.3 Å². The number of carbonyl (C=O) groups excluding carboxylic acids is 1. The first-order valence-electron chi connectivity index (χ1n) is 8.40. The van der Waals surface area contributed by atoms with Crippen LogP contribution in [0.15, 0.2) is 29.0 Å². The van der Waals surface area contributed by atoms with Crippen LogP contribution in [0.3, 0.4) is 0 Å². The first-order valence-corrected chi connectivity index (χ1v) is 8.40. The van der Waals surface area contributed by atoms with Gasteiger partial charge in [0.15, 0.2) is 0 Å².